The second-order valence-corrected chi connectivity index (χ2v) is 6.55. The van der Waals surface area contributed by atoms with Crippen LogP contribution in [0.3, 0.4) is 0 Å². The summed E-state index contributed by atoms with van der Waals surface area (Å²) >= 11 is 1.74. The highest BCUT2D eigenvalue weighted by molar-refractivity contribution is 7.13. The van der Waals surface area contributed by atoms with Gasteiger partial charge in [-0.05, 0) is 12.8 Å². The van der Waals surface area contributed by atoms with Gasteiger partial charge in [0.25, 0.3) is 0 Å². The number of unbranched alkanes of at least 4 members (excludes halogenated alkanes) is 1. The van der Waals surface area contributed by atoms with Crippen molar-refractivity contribution in [3.63, 3.8) is 0 Å². The fourth-order valence-corrected chi connectivity index (χ4v) is 3.88. The molecule has 5 heteroatoms. The summed E-state index contributed by atoms with van der Waals surface area (Å²) in [6.45, 7) is 9.68. The van der Waals surface area contributed by atoms with Crippen LogP contribution in [0.4, 0.5) is 5.13 Å². The maximum Gasteiger partial charge on any atom is 0.185 e. The fraction of sp³-hybridized carbons (Fsp3) is 0.800. The van der Waals surface area contributed by atoms with Gasteiger partial charge in [-0.1, -0.05) is 26.7 Å². The Bertz CT molecular complexity index is 367. The van der Waals surface area contributed by atoms with Gasteiger partial charge in [-0.3, -0.25) is 4.90 Å². The first-order valence-corrected chi connectivity index (χ1v) is 8.73. The average Bonchev–Trinajstić information content (AvgIpc) is 3.04. The molecule has 4 nitrogen and oxygen atoms in total. The molecule has 1 atom stereocenters. The number of hydrogen-bond donors (Lipinski definition) is 1. The molecule has 20 heavy (non-hydrogen) atoms. The maximum atomic E-state index is 6.15. The molecule has 0 amide bonds. The standard InChI is InChI=1S/C15H28N4S/c1-3-5-6-15(4-2,13-16)19-10-8-18(9-11-19)14-17-7-12-20-14/h7,12H,3-6,8-11,13,16H2,1-2H3. The van der Waals surface area contributed by atoms with Gasteiger partial charge >= 0.3 is 0 Å². The van der Waals surface area contributed by atoms with Crippen molar-refractivity contribution < 1.29 is 0 Å². The van der Waals surface area contributed by atoms with E-state index < -0.39 is 0 Å². The molecule has 1 aromatic rings. The summed E-state index contributed by atoms with van der Waals surface area (Å²) in [4.78, 5) is 9.45. The average molecular weight is 296 g/mol. The number of nitrogens with two attached hydrogens (primary N) is 1. The van der Waals surface area contributed by atoms with Crippen molar-refractivity contribution >= 4 is 16.5 Å². The first-order chi connectivity index (χ1) is 9.75. The van der Waals surface area contributed by atoms with Crippen molar-refractivity contribution in [1.82, 2.24) is 9.88 Å². The maximum absolute atomic E-state index is 6.15. The van der Waals surface area contributed by atoms with Crippen LogP contribution in [0, 0.1) is 0 Å². The highest BCUT2D eigenvalue weighted by Crippen LogP contribution is 2.28. The number of piperazine rings is 1. The molecule has 0 radical (unpaired) electrons. The van der Waals surface area contributed by atoms with Gasteiger partial charge in [0.1, 0.15) is 0 Å². The number of hydrogen-bond acceptors (Lipinski definition) is 5. The van der Waals surface area contributed by atoms with Crippen LogP contribution in [0.25, 0.3) is 0 Å². The molecule has 114 valence electrons. The summed E-state index contributed by atoms with van der Waals surface area (Å²) in [5, 5.41) is 3.21. The minimum absolute atomic E-state index is 0.213. The first kappa shape index (κ1) is 15.7. The van der Waals surface area contributed by atoms with Crippen LogP contribution in [0.2, 0.25) is 0 Å². The van der Waals surface area contributed by atoms with Crippen LogP contribution < -0.4 is 10.6 Å². The summed E-state index contributed by atoms with van der Waals surface area (Å²) < 4.78 is 0. The van der Waals surface area contributed by atoms with Gasteiger partial charge in [-0.2, -0.15) is 0 Å². The predicted molar refractivity (Wildman–Crippen MR) is 87.5 cm³/mol. The Morgan fingerprint density at radius 3 is 2.55 bits per heavy atom. The van der Waals surface area contributed by atoms with Gasteiger partial charge in [0.15, 0.2) is 5.13 Å². The van der Waals surface area contributed by atoms with Gasteiger partial charge < -0.3 is 10.6 Å². The number of rotatable bonds is 7. The summed E-state index contributed by atoms with van der Waals surface area (Å²) in [5.74, 6) is 0. The van der Waals surface area contributed by atoms with E-state index in [1.807, 2.05) is 6.20 Å². The van der Waals surface area contributed by atoms with Gasteiger partial charge in [0.05, 0.1) is 0 Å². The molecule has 1 aliphatic heterocycles. The molecule has 1 aliphatic rings. The highest BCUT2D eigenvalue weighted by atomic mass is 32.1. The predicted octanol–water partition coefficient (Wildman–Crippen LogP) is 2.56. The van der Waals surface area contributed by atoms with Gasteiger partial charge in [-0.25, -0.2) is 4.98 Å². The largest absolute Gasteiger partial charge is 0.346 e. The van der Waals surface area contributed by atoms with E-state index in [1.165, 1.54) is 19.3 Å². The Balaban J connectivity index is 1.96. The molecule has 1 aromatic heterocycles. The number of aromatic nitrogens is 1. The number of nitrogens with zero attached hydrogens (tertiary/aromatic N) is 3. The quantitative estimate of drug-likeness (QED) is 0.840. The van der Waals surface area contributed by atoms with Crippen molar-refractivity contribution in [2.24, 2.45) is 5.73 Å². The summed E-state index contributed by atoms with van der Waals surface area (Å²) in [7, 11) is 0. The molecule has 0 saturated carbocycles. The van der Waals surface area contributed by atoms with E-state index in [-0.39, 0.29) is 5.54 Å². The molecular weight excluding hydrogens is 268 g/mol. The monoisotopic (exact) mass is 296 g/mol. The minimum Gasteiger partial charge on any atom is -0.346 e. The lowest BCUT2D eigenvalue weighted by Crippen LogP contribution is -2.60. The van der Waals surface area contributed by atoms with Crippen molar-refractivity contribution in [2.45, 2.75) is 45.1 Å². The van der Waals surface area contributed by atoms with Crippen molar-refractivity contribution in [1.29, 1.82) is 0 Å². The van der Waals surface area contributed by atoms with Crippen LogP contribution in [0.1, 0.15) is 39.5 Å². The third kappa shape index (κ3) is 3.32. The van der Waals surface area contributed by atoms with E-state index in [1.54, 1.807) is 11.3 Å². The zero-order chi connectivity index (χ0) is 14.4. The van der Waals surface area contributed by atoms with Crippen molar-refractivity contribution in [3.8, 4) is 0 Å². The zero-order valence-electron chi connectivity index (χ0n) is 12.8. The van der Waals surface area contributed by atoms with Gasteiger partial charge in [0.2, 0.25) is 0 Å². The lowest BCUT2D eigenvalue weighted by atomic mass is 9.87. The van der Waals surface area contributed by atoms with Crippen LogP contribution in [-0.4, -0.2) is 48.1 Å². The summed E-state index contributed by atoms with van der Waals surface area (Å²) in [6, 6.07) is 0. The molecule has 2 N–H and O–H groups in total. The Labute approximate surface area is 127 Å². The molecule has 1 saturated heterocycles. The molecule has 0 aromatic carbocycles. The lowest BCUT2D eigenvalue weighted by molar-refractivity contribution is 0.0720. The highest BCUT2D eigenvalue weighted by Gasteiger charge is 2.35. The van der Waals surface area contributed by atoms with Crippen LogP contribution in [0.5, 0.6) is 0 Å². The van der Waals surface area contributed by atoms with Crippen LogP contribution in [0.15, 0.2) is 11.6 Å². The summed E-state index contributed by atoms with van der Waals surface area (Å²) in [5.41, 5.74) is 6.37. The van der Waals surface area contributed by atoms with E-state index in [0.29, 0.717) is 0 Å². The third-order valence-electron chi connectivity index (χ3n) is 4.67. The second-order valence-electron chi connectivity index (χ2n) is 5.67. The normalized spacial score (nSPS) is 20.1. The van der Waals surface area contributed by atoms with E-state index in [2.05, 4.69) is 34.0 Å². The Morgan fingerprint density at radius 1 is 1.30 bits per heavy atom. The van der Waals surface area contributed by atoms with Gasteiger partial charge in [-0.15, -0.1) is 11.3 Å². The number of thiazole rings is 1. The third-order valence-corrected chi connectivity index (χ3v) is 5.51. The Hall–Kier alpha value is -0.650. The lowest BCUT2D eigenvalue weighted by Gasteiger charge is -2.47. The van der Waals surface area contributed by atoms with Crippen LogP contribution in [-0.2, 0) is 0 Å². The van der Waals surface area contributed by atoms with E-state index in [4.69, 9.17) is 5.73 Å². The first-order valence-electron chi connectivity index (χ1n) is 7.85. The second kappa shape index (κ2) is 7.38. The van der Waals surface area contributed by atoms with E-state index >= 15 is 0 Å². The Kier molecular flexibility index (Phi) is 5.81. The van der Waals surface area contributed by atoms with Crippen molar-refractivity contribution in [3.05, 3.63) is 11.6 Å². The Morgan fingerprint density at radius 2 is 2.05 bits per heavy atom. The van der Waals surface area contributed by atoms with Crippen LogP contribution >= 0.6 is 11.3 Å². The van der Waals surface area contributed by atoms with Gasteiger partial charge in [0, 0.05) is 49.8 Å². The number of anilines is 1. The fourth-order valence-electron chi connectivity index (χ4n) is 3.18. The minimum atomic E-state index is 0.213. The SMILES string of the molecule is CCCCC(CC)(CN)N1CCN(c2nccs2)CC1. The molecule has 0 bridgehead atoms. The zero-order valence-corrected chi connectivity index (χ0v) is 13.7. The van der Waals surface area contributed by atoms with E-state index in [0.717, 1.165) is 44.3 Å². The molecular formula is C15H28N4S. The summed E-state index contributed by atoms with van der Waals surface area (Å²) in [6.07, 6.45) is 6.80. The smallest absolute Gasteiger partial charge is 0.185 e. The molecule has 1 unspecified atom stereocenters. The topological polar surface area (TPSA) is 45.4 Å². The van der Waals surface area contributed by atoms with Crippen molar-refractivity contribution in [2.75, 3.05) is 37.6 Å². The molecule has 1 fully saturated rings. The molecule has 0 spiro atoms. The van der Waals surface area contributed by atoms with E-state index in [9.17, 15) is 0 Å². The molecule has 2 heterocycles. The molecule has 0 aliphatic carbocycles. The molecule has 2 rings (SSSR count).